The van der Waals surface area contributed by atoms with Crippen LogP contribution in [0.2, 0.25) is 0 Å². The van der Waals surface area contributed by atoms with Gasteiger partial charge in [-0.2, -0.15) is 0 Å². The second kappa shape index (κ2) is 8.61. The zero-order valence-electron chi connectivity index (χ0n) is 9.81. The first-order chi connectivity index (χ1) is 8.36. The van der Waals surface area contributed by atoms with Gasteiger partial charge in [0.05, 0.1) is 0 Å². The van der Waals surface area contributed by atoms with Crippen LogP contribution in [0, 0.1) is 63.7 Å². The van der Waals surface area contributed by atoms with E-state index in [1.165, 1.54) is 5.92 Å². The Morgan fingerprint density at radius 3 is 1.50 bits per heavy atom. The molecule has 0 atom stereocenters. The van der Waals surface area contributed by atoms with Gasteiger partial charge in [0.15, 0.2) is 0 Å². The standard InChI is InChI=1S/C11H9O.C5H5.Fe/c12-11-7-5-10(6-8-11)9-3-1-2-4-9;1-2-4-5-3-1;/h1-8,12H;1-5H;. The van der Waals surface area contributed by atoms with Crippen LogP contribution in [0.15, 0.2) is 24.3 Å². The van der Waals surface area contributed by atoms with E-state index < -0.39 is 0 Å². The van der Waals surface area contributed by atoms with Crippen LogP contribution in [0.1, 0.15) is 5.56 Å². The second-order valence-electron chi connectivity index (χ2n) is 3.68. The van der Waals surface area contributed by atoms with E-state index in [4.69, 9.17) is 5.11 Å². The van der Waals surface area contributed by atoms with Crippen molar-refractivity contribution in [3.63, 3.8) is 0 Å². The molecule has 1 aromatic rings. The minimum atomic E-state index is 0. The monoisotopic (exact) mass is 278 g/mol. The predicted molar refractivity (Wildman–Crippen MR) is 69.2 cm³/mol. The summed E-state index contributed by atoms with van der Waals surface area (Å²) in [7, 11) is 0. The molecule has 10 radical (unpaired) electrons. The van der Waals surface area contributed by atoms with E-state index in [9.17, 15) is 0 Å². The van der Waals surface area contributed by atoms with E-state index in [-0.39, 0.29) is 17.1 Å². The van der Waals surface area contributed by atoms with Crippen LogP contribution < -0.4 is 0 Å². The van der Waals surface area contributed by atoms with Gasteiger partial charge in [-0.3, -0.25) is 0 Å². The van der Waals surface area contributed by atoms with Crippen molar-refractivity contribution in [1.29, 1.82) is 0 Å². The predicted octanol–water partition coefficient (Wildman–Crippen LogP) is 3.16. The molecule has 1 aromatic carbocycles. The summed E-state index contributed by atoms with van der Waals surface area (Å²) in [6.45, 7) is 0. The molecule has 18 heavy (non-hydrogen) atoms. The van der Waals surface area contributed by atoms with Crippen molar-refractivity contribution in [2.24, 2.45) is 0 Å². The third-order valence-corrected chi connectivity index (χ3v) is 2.42. The Labute approximate surface area is 121 Å². The Kier molecular flexibility index (Phi) is 7.46. The zero-order valence-corrected chi connectivity index (χ0v) is 10.9. The quantitative estimate of drug-likeness (QED) is 0.782. The summed E-state index contributed by atoms with van der Waals surface area (Å²) in [5.41, 5.74) is 1.14. The van der Waals surface area contributed by atoms with Gasteiger partial charge in [-0.1, -0.05) is 12.1 Å². The molecule has 0 aliphatic heterocycles. The number of phenolic OH excluding ortho intramolecular Hbond substituents is 1. The number of hydrogen-bond donors (Lipinski definition) is 1. The minimum Gasteiger partial charge on any atom is -0.508 e. The molecule has 2 saturated carbocycles. The van der Waals surface area contributed by atoms with Crippen LogP contribution in [-0.2, 0) is 17.1 Å². The number of hydrogen-bond acceptors (Lipinski definition) is 1. The van der Waals surface area contributed by atoms with Crippen LogP contribution in [0.4, 0.5) is 0 Å². The topological polar surface area (TPSA) is 20.2 Å². The molecule has 3 rings (SSSR count). The summed E-state index contributed by atoms with van der Waals surface area (Å²) >= 11 is 0. The average Bonchev–Trinajstić information content (AvgIpc) is 3.06. The Balaban J connectivity index is 0.000000230. The van der Waals surface area contributed by atoms with Crippen molar-refractivity contribution in [2.45, 2.75) is 0 Å². The van der Waals surface area contributed by atoms with Crippen LogP contribution in [0.25, 0.3) is 0 Å². The first-order valence-corrected chi connectivity index (χ1v) is 5.54. The molecule has 2 aliphatic rings. The Hall–Kier alpha value is -0.461. The molecule has 0 spiro atoms. The molecule has 1 N–H and O–H groups in total. The third-order valence-electron chi connectivity index (χ3n) is 2.42. The van der Waals surface area contributed by atoms with E-state index in [0.29, 0.717) is 5.75 Å². The maximum atomic E-state index is 9.05. The van der Waals surface area contributed by atoms with Gasteiger partial charge in [0.2, 0.25) is 0 Å². The molecule has 0 unspecified atom stereocenters. The number of benzene rings is 1. The molecule has 0 aromatic heterocycles. The normalized spacial score (nSPS) is 18.9. The largest absolute Gasteiger partial charge is 0.508 e. The number of phenols is 1. The van der Waals surface area contributed by atoms with Crippen molar-refractivity contribution >= 4 is 0 Å². The van der Waals surface area contributed by atoms with Gasteiger partial charge in [0.1, 0.15) is 5.75 Å². The summed E-state index contributed by atoms with van der Waals surface area (Å²) < 4.78 is 0. The summed E-state index contributed by atoms with van der Waals surface area (Å²) in [5, 5.41) is 9.05. The molecular weight excluding hydrogens is 264 g/mol. The molecule has 2 aliphatic carbocycles. The minimum absolute atomic E-state index is 0. The number of rotatable bonds is 1. The van der Waals surface area contributed by atoms with Crippen molar-refractivity contribution in [2.75, 3.05) is 0 Å². The first-order valence-electron chi connectivity index (χ1n) is 5.54. The average molecular weight is 278 g/mol. The summed E-state index contributed by atoms with van der Waals surface area (Å²) in [6, 6.07) is 7.21. The SMILES string of the molecule is Oc1ccc([C]2[CH][CH][CH][CH]2)cc1.[CH]1[CH][CH][CH][CH]1.[Fe]. The van der Waals surface area contributed by atoms with Crippen molar-refractivity contribution < 1.29 is 22.2 Å². The number of aromatic hydroxyl groups is 1. The molecule has 2 heteroatoms. The van der Waals surface area contributed by atoms with Gasteiger partial charge in [0, 0.05) is 23.0 Å². The van der Waals surface area contributed by atoms with E-state index in [2.05, 4.69) is 0 Å². The third kappa shape index (κ3) is 5.04. The van der Waals surface area contributed by atoms with Gasteiger partial charge >= 0.3 is 0 Å². The Bertz CT molecular complexity index is 303. The van der Waals surface area contributed by atoms with Gasteiger partial charge in [-0.25, -0.2) is 0 Å². The van der Waals surface area contributed by atoms with E-state index in [0.717, 1.165) is 5.56 Å². The smallest absolute Gasteiger partial charge is 0.115 e. The summed E-state index contributed by atoms with van der Waals surface area (Å²) in [6.07, 6.45) is 18.1. The summed E-state index contributed by atoms with van der Waals surface area (Å²) in [5.74, 6) is 1.50. The maximum absolute atomic E-state index is 9.05. The summed E-state index contributed by atoms with van der Waals surface area (Å²) in [4.78, 5) is 0. The van der Waals surface area contributed by atoms with E-state index >= 15 is 0 Å². The van der Waals surface area contributed by atoms with Gasteiger partial charge in [0.25, 0.3) is 0 Å². The molecule has 2 fully saturated rings. The Morgan fingerprint density at radius 1 is 0.611 bits per heavy atom. The fraction of sp³-hybridized carbons (Fsp3) is 0. The molecule has 0 saturated heterocycles. The Morgan fingerprint density at radius 2 is 1.06 bits per heavy atom. The first kappa shape index (κ1) is 15.6. The van der Waals surface area contributed by atoms with Crippen LogP contribution in [-0.4, -0.2) is 5.11 Å². The van der Waals surface area contributed by atoms with Gasteiger partial charge in [-0.05, 0) is 75.5 Å². The molecular formula is C16H14FeO. The van der Waals surface area contributed by atoms with E-state index in [1.54, 1.807) is 12.1 Å². The molecule has 0 heterocycles. The van der Waals surface area contributed by atoms with Crippen LogP contribution in [0.3, 0.4) is 0 Å². The fourth-order valence-corrected chi connectivity index (χ4v) is 1.54. The molecule has 0 bridgehead atoms. The van der Waals surface area contributed by atoms with E-state index in [1.807, 2.05) is 69.9 Å². The maximum Gasteiger partial charge on any atom is 0.115 e. The van der Waals surface area contributed by atoms with Gasteiger partial charge in [-0.15, -0.1) is 0 Å². The van der Waals surface area contributed by atoms with Crippen molar-refractivity contribution in [3.8, 4) is 5.75 Å². The molecule has 1 nitrogen and oxygen atoms in total. The van der Waals surface area contributed by atoms with Crippen LogP contribution in [0.5, 0.6) is 5.75 Å². The van der Waals surface area contributed by atoms with Crippen molar-refractivity contribution in [1.82, 2.24) is 0 Å². The van der Waals surface area contributed by atoms with Crippen LogP contribution >= 0.6 is 0 Å². The molecule has 0 amide bonds. The van der Waals surface area contributed by atoms with Crippen molar-refractivity contribution in [3.05, 3.63) is 93.5 Å². The fourth-order valence-electron chi connectivity index (χ4n) is 1.54. The second-order valence-corrected chi connectivity index (χ2v) is 3.68. The zero-order chi connectivity index (χ0) is 11.9. The van der Waals surface area contributed by atoms with Gasteiger partial charge < -0.3 is 5.11 Å². The molecule has 92 valence electrons.